The summed E-state index contributed by atoms with van der Waals surface area (Å²) >= 11 is 0. The largest absolute Gasteiger partial charge is 0.394 e. The van der Waals surface area contributed by atoms with E-state index in [4.69, 9.17) is 4.98 Å². The monoisotopic (exact) mass is 462 g/mol. The van der Waals surface area contributed by atoms with Gasteiger partial charge in [-0.05, 0) is 45.6 Å². The molecule has 10 nitrogen and oxygen atoms in total. The molecule has 0 aliphatic heterocycles. The average Bonchev–Trinajstić information content (AvgIpc) is 3.73. The zero-order valence-corrected chi connectivity index (χ0v) is 19.8. The molecule has 0 atom stereocenters. The average molecular weight is 463 g/mol. The number of carbonyl (C=O) groups is 1. The molecule has 4 aromatic heterocycles. The number of aliphatic hydroxyl groups is 1. The number of fused-ring (bicyclic) bond motifs is 3. The van der Waals surface area contributed by atoms with Gasteiger partial charge in [0.1, 0.15) is 16.9 Å². The van der Waals surface area contributed by atoms with Crippen LogP contribution in [0.4, 0.5) is 11.6 Å². The van der Waals surface area contributed by atoms with Gasteiger partial charge in [0, 0.05) is 42.8 Å². The van der Waals surface area contributed by atoms with Crippen molar-refractivity contribution in [3.05, 3.63) is 29.8 Å². The Morgan fingerprint density at radius 3 is 2.62 bits per heavy atom. The van der Waals surface area contributed by atoms with Crippen LogP contribution in [0.2, 0.25) is 0 Å². The summed E-state index contributed by atoms with van der Waals surface area (Å²) < 4.78 is 5.77. The molecule has 178 valence electrons. The van der Waals surface area contributed by atoms with E-state index in [1.54, 1.807) is 11.0 Å². The third-order valence-corrected chi connectivity index (χ3v) is 6.89. The Balaban J connectivity index is 1.48. The number of aromatic nitrogens is 6. The zero-order valence-electron chi connectivity index (χ0n) is 19.8. The molecule has 2 N–H and O–H groups in total. The van der Waals surface area contributed by atoms with Crippen LogP contribution in [0.25, 0.3) is 22.1 Å². The molecule has 2 fully saturated rings. The van der Waals surface area contributed by atoms with Crippen molar-refractivity contribution in [3.8, 4) is 0 Å². The summed E-state index contributed by atoms with van der Waals surface area (Å²) in [6.45, 7) is 5.11. The predicted molar refractivity (Wildman–Crippen MR) is 129 cm³/mol. The summed E-state index contributed by atoms with van der Waals surface area (Å²) in [5.41, 5.74) is 4.08. The Kier molecular flexibility index (Phi) is 4.87. The number of aliphatic hydroxyl groups excluding tert-OH is 1. The van der Waals surface area contributed by atoms with Crippen molar-refractivity contribution in [2.75, 3.05) is 11.9 Å². The number of hydrogen-bond donors (Lipinski definition) is 2. The number of carbonyl (C=O) groups excluding carboxylic acids is 1. The summed E-state index contributed by atoms with van der Waals surface area (Å²) in [5.74, 6) is 1.36. The Bertz CT molecular complexity index is 1390. The number of amides is 1. The minimum absolute atomic E-state index is 0.0240. The second-order valence-electron chi connectivity index (χ2n) is 9.44. The SMILES string of the molecule is CCn1c(C(=O)N(C2CC2)C2CC2)cc2c3c(ncn3C)c(Nc3cc(C)n(CCO)n3)nc21. The van der Waals surface area contributed by atoms with E-state index in [0.717, 1.165) is 53.4 Å². The fraction of sp³-hybridized carbons (Fsp3) is 0.500. The maximum absolute atomic E-state index is 13.7. The third-order valence-electron chi connectivity index (χ3n) is 6.89. The van der Waals surface area contributed by atoms with Crippen molar-refractivity contribution >= 4 is 39.6 Å². The van der Waals surface area contributed by atoms with Crippen molar-refractivity contribution < 1.29 is 9.90 Å². The number of nitrogens with one attached hydrogen (secondary N) is 1. The third kappa shape index (κ3) is 3.35. The van der Waals surface area contributed by atoms with Crippen molar-refractivity contribution in [2.24, 2.45) is 7.05 Å². The second-order valence-corrected chi connectivity index (χ2v) is 9.44. The quantitative estimate of drug-likeness (QED) is 0.417. The number of aryl methyl sites for hydroxylation is 3. The molecule has 1 amide bonds. The predicted octanol–water partition coefficient (Wildman–Crippen LogP) is 2.95. The summed E-state index contributed by atoms with van der Waals surface area (Å²) in [7, 11) is 1.96. The van der Waals surface area contributed by atoms with E-state index < -0.39 is 0 Å². The number of rotatable bonds is 8. The molecule has 6 rings (SSSR count). The van der Waals surface area contributed by atoms with Crippen LogP contribution in [-0.4, -0.2) is 63.5 Å². The first-order chi connectivity index (χ1) is 16.5. The molecule has 0 radical (unpaired) electrons. The molecule has 4 heterocycles. The Hall–Kier alpha value is -3.40. The highest BCUT2D eigenvalue weighted by molar-refractivity contribution is 6.10. The lowest BCUT2D eigenvalue weighted by molar-refractivity contribution is 0.0719. The lowest BCUT2D eigenvalue weighted by Gasteiger charge is -2.22. The van der Waals surface area contributed by atoms with Gasteiger partial charge >= 0.3 is 0 Å². The molecule has 4 aromatic rings. The molecule has 2 saturated carbocycles. The van der Waals surface area contributed by atoms with Crippen LogP contribution >= 0.6 is 0 Å². The maximum atomic E-state index is 13.7. The Morgan fingerprint density at radius 1 is 1.24 bits per heavy atom. The fourth-order valence-electron chi connectivity index (χ4n) is 4.98. The lowest BCUT2D eigenvalue weighted by Crippen LogP contribution is -2.36. The first-order valence-electron chi connectivity index (χ1n) is 12.1. The molecule has 0 saturated heterocycles. The van der Waals surface area contributed by atoms with Crippen LogP contribution in [0.3, 0.4) is 0 Å². The molecule has 10 heteroatoms. The zero-order chi connectivity index (χ0) is 23.6. The molecule has 2 aliphatic rings. The summed E-state index contributed by atoms with van der Waals surface area (Å²) in [6.07, 6.45) is 6.20. The molecule has 2 aliphatic carbocycles. The minimum atomic E-state index is 0.0240. The molecule has 0 spiro atoms. The fourth-order valence-corrected chi connectivity index (χ4v) is 4.98. The van der Waals surface area contributed by atoms with Gasteiger partial charge in [-0.3, -0.25) is 9.48 Å². The minimum Gasteiger partial charge on any atom is -0.394 e. The second kappa shape index (κ2) is 7.83. The lowest BCUT2D eigenvalue weighted by atomic mass is 10.2. The van der Waals surface area contributed by atoms with Gasteiger partial charge in [0.25, 0.3) is 5.91 Å². The van der Waals surface area contributed by atoms with E-state index in [1.165, 1.54) is 0 Å². The maximum Gasteiger partial charge on any atom is 0.271 e. The molecule has 0 bridgehead atoms. The Morgan fingerprint density at radius 2 is 1.97 bits per heavy atom. The summed E-state index contributed by atoms with van der Waals surface area (Å²) in [6, 6.07) is 4.71. The van der Waals surface area contributed by atoms with Gasteiger partial charge in [-0.1, -0.05) is 0 Å². The number of imidazole rings is 1. The first kappa shape index (κ1) is 21.2. The standard InChI is InChI=1S/C24H30N8O2/c1-4-30-18(24(34)32(15-5-6-15)16-7-8-16)12-17-21-20(25-13-29(21)3)22(27-23(17)30)26-19-11-14(2)31(28-19)9-10-33/h11-13,15-16,33H,4-10H2,1-3H3,(H,26,27,28). The molecular weight excluding hydrogens is 432 g/mol. The van der Waals surface area contributed by atoms with Gasteiger partial charge in [-0.15, -0.1) is 0 Å². The van der Waals surface area contributed by atoms with E-state index in [9.17, 15) is 9.90 Å². The Labute approximate surface area is 197 Å². The summed E-state index contributed by atoms with van der Waals surface area (Å²) in [4.78, 5) is 25.4. The van der Waals surface area contributed by atoms with Crippen LogP contribution < -0.4 is 5.32 Å². The number of pyridine rings is 1. The highest BCUT2D eigenvalue weighted by Crippen LogP contribution is 2.39. The number of anilines is 2. The number of nitrogens with zero attached hydrogens (tertiary/aromatic N) is 7. The molecular formula is C24H30N8O2. The topological polar surface area (TPSA) is 106 Å². The van der Waals surface area contributed by atoms with Gasteiger partial charge in [0.2, 0.25) is 0 Å². The normalized spacial score (nSPS) is 16.0. The number of hydrogen-bond acceptors (Lipinski definition) is 6. The smallest absolute Gasteiger partial charge is 0.271 e. The highest BCUT2D eigenvalue weighted by atomic mass is 16.3. The highest BCUT2D eigenvalue weighted by Gasteiger charge is 2.43. The van der Waals surface area contributed by atoms with Gasteiger partial charge in [-0.2, -0.15) is 5.10 Å². The van der Waals surface area contributed by atoms with Gasteiger partial charge in [0.05, 0.1) is 25.0 Å². The van der Waals surface area contributed by atoms with Crippen LogP contribution in [0.5, 0.6) is 0 Å². The van der Waals surface area contributed by atoms with E-state index in [1.807, 2.05) is 35.2 Å². The van der Waals surface area contributed by atoms with Gasteiger partial charge in [-0.25, -0.2) is 9.97 Å². The van der Waals surface area contributed by atoms with Crippen molar-refractivity contribution in [3.63, 3.8) is 0 Å². The van der Waals surface area contributed by atoms with E-state index in [2.05, 4.69) is 27.2 Å². The van der Waals surface area contributed by atoms with Gasteiger partial charge in [0.15, 0.2) is 11.6 Å². The van der Waals surface area contributed by atoms with Crippen molar-refractivity contribution in [2.45, 2.75) is 64.7 Å². The van der Waals surface area contributed by atoms with Gasteiger partial charge < -0.3 is 24.5 Å². The first-order valence-corrected chi connectivity index (χ1v) is 12.1. The van der Waals surface area contributed by atoms with Crippen LogP contribution in [0, 0.1) is 6.92 Å². The van der Waals surface area contributed by atoms with Crippen molar-refractivity contribution in [1.82, 2.24) is 33.8 Å². The van der Waals surface area contributed by atoms with Crippen LogP contribution in [-0.2, 0) is 20.1 Å². The summed E-state index contributed by atoms with van der Waals surface area (Å²) in [5, 5.41) is 18.1. The molecule has 34 heavy (non-hydrogen) atoms. The van der Waals surface area contributed by atoms with Crippen LogP contribution in [0.15, 0.2) is 18.5 Å². The van der Waals surface area contributed by atoms with E-state index >= 15 is 0 Å². The van der Waals surface area contributed by atoms with E-state index in [0.29, 0.717) is 42.5 Å². The molecule has 0 aromatic carbocycles. The molecule has 0 unspecified atom stereocenters. The van der Waals surface area contributed by atoms with Crippen LogP contribution in [0.1, 0.15) is 48.8 Å². The van der Waals surface area contributed by atoms with E-state index in [-0.39, 0.29) is 12.5 Å². The van der Waals surface area contributed by atoms with Crippen molar-refractivity contribution in [1.29, 1.82) is 0 Å².